The summed E-state index contributed by atoms with van der Waals surface area (Å²) < 4.78 is 98.4. The van der Waals surface area contributed by atoms with Crippen molar-refractivity contribution in [2.45, 2.75) is 103 Å². The number of benzene rings is 1. The fraction of sp³-hybridized carbons (Fsp3) is 0.660. The van der Waals surface area contributed by atoms with Gasteiger partial charge in [-0.2, -0.15) is 18.2 Å². The van der Waals surface area contributed by atoms with Gasteiger partial charge in [0.15, 0.2) is 11.3 Å². The van der Waals surface area contributed by atoms with Gasteiger partial charge in [-0.05, 0) is 67.9 Å². The number of rotatable bonds is 9. The van der Waals surface area contributed by atoms with Crippen LogP contribution in [0.5, 0.6) is 0 Å². The molecule has 0 spiro atoms. The number of methoxy groups -OCH3 is 2. The summed E-state index contributed by atoms with van der Waals surface area (Å²) in [6.07, 6.45) is 5.04. The van der Waals surface area contributed by atoms with Gasteiger partial charge in [0.2, 0.25) is 36.0 Å². The van der Waals surface area contributed by atoms with E-state index in [0.717, 1.165) is 42.1 Å². The minimum absolute atomic E-state index is 0.0202. The van der Waals surface area contributed by atoms with Crippen molar-refractivity contribution >= 4 is 88.6 Å². The summed E-state index contributed by atoms with van der Waals surface area (Å²) in [5.74, 6) is -2.85. The third-order valence-corrected chi connectivity index (χ3v) is 16.7. The second-order valence-electron chi connectivity index (χ2n) is 22.3. The van der Waals surface area contributed by atoms with Crippen molar-refractivity contribution in [1.29, 1.82) is 5.26 Å². The molecule has 6 rings (SSSR count). The number of anilines is 1. The Balaban J connectivity index is 0.000000297. The number of nitriles is 1. The normalized spacial score (nSPS) is 20.3. The van der Waals surface area contributed by atoms with Crippen LogP contribution in [0.3, 0.4) is 0 Å². The van der Waals surface area contributed by atoms with Crippen LogP contribution >= 0.6 is 11.3 Å². The van der Waals surface area contributed by atoms with Crippen molar-refractivity contribution in [3.63, 3.8) is 0 Å². The predicted molar refractivity (Wildman–Crippen MR) is 306 cm³/mol. The molecule has 0 saturated carbocycles. The highest BCUT2D eigenvalue weighted by Gasteiger charge is 2.43. The molecule has 4 aliphatic heterocycles. The number of ether oxygens (including phenoxy) is 5. The number of hydrogen-bond acceptors (Lipinski definition) is 23. The largest absolute Gasteiger partial charge is 0.480 e. The van der Waals surface area contributed by atoms with Crippen molar-refractivity contribution in [2.24, 2.45) is 0 Å². The maximum Gasteiger partial charge on any atom is 0.410 e. The van der Waals surface area contributed by atoms with Gasteiger partial charge in [-0.25, -0.2) is 44.6 Å². The molecule has 0 aliphatic carbocycles. The minimum atomic E-state index is -3.63. The number of nitrogens with one attached hydrogen (secondary N) is 2. The topological polar surface area (TPSA) is 372 Å². The zero-order valence-electron chi connectivity index (χ0n) is 49.7. The van der Waals surface area contributed by atoms with E-state index in [1.807, 2.05) is 57.3 Å². The Morgan fingerprint density at radius 1 is 0.619 bits per heavy atom. The zero-order chi connectivity index (χ0) is 63.9. The molecular weight excluding hydrogens is 1190 g/mol. The Morgan fingerprint density at radius 2 is 1.05 bits per heavy atom. The quantitative estimate of drug-likeness (QED) is 0.182. The van der Waals surface area contributed by atoms with Gasteiger partial charge in [-0.3, -0.25) is 19.2 Å². The van der Waals surface area contributed by atoms with Crippen LogP contribution in [0, 0.1) is 11.5 Å². The third kappa shape index (κ3) is 23.2. The average molecular weight is 1270 g/mol. The van der Waals surface area contributed by atoms with Gasteiger partial charge >= 0.3 is 36.2 Å². The number of carboxylic acid groups (broad SMARTS) is 1. The number of hydrogen-bond donors (Lipinski definition) is 3. The lowest BCUT2D eigenvalue weighted by atomic mass is 10.2. The lowest BCUT2D eigenvalue weighted by molar-refractivity contribution is -0.147. The average Bonchev–Trinajstić information content (AvgIpc) is 4.03. The molecule has 30 nitrogen and oxygen atoms in total. The summed E-state index contributed by atoms with van der Waals surface area (Å²) in [5, 5.41) is 24.2. The van der Waals surface area contributed by atoms with Crippen molar-refractivity contribution < 1.29 is 87.6 Å². The minimum Gasteiger partial charge on any atom is -0.480 e. The number of piperazine rings is 4. The first kappa shape index (κ1) is 71.8. The lowest BCUT2D eigenvalue weighted by Gasteiger charge is -2.38. The van der Waals surface area contributed by atoms with Crippen LogP contribution in [0.15, 0.2) is 36.5 Å². The van der Waals surface area contributed by atoms with E-state index in [9.17, 15) is 58.8 Å². The van der Waals surface area contributed by atoms with Crippen LogP contribution < -0.4 is 10.6 Å². The summed E-state index contributed by atoms with van der Waals surface area (Å²) >= 11 is 1.30. The Kier molecular flexibility index (Phi) is 25.7. The number of carbonyl (C=O) groups excluding carboxylic acids is 6. The number of nitrogens with zero attached hydrogens (tertiary/aromatic N) is 9. The molecule has 2 aromatic rings. The molecule has 1 aromatic heterocycles. The highest BCUT2D eigenvalue weighted by atomic mass is 32.2. The summed E-state index contributed by atoms with van der Waals surface area (Å²) in [5.41, 5.74) is -0.894. The molecule has 0 radical (unpaired) electrons. The summed E-state index contributed by atoms with van der Waals surface area (Å²) in [4.78, 5) is 93.1. The van der Waals surface area contributed by atoms with Gasteiger partial charge in [0.1, 0.15) is 41.0 Å². The predicted octanol–water partition coefficient (Wildman–Crippen LogP) is 1.54. The fourth-order valence-corrected chi connectivity index (χ4v) is 12.0. The van der Waals surface area contributed by atoms with Gasteiger partial charge in [0, 0.05) is 58.6 Å². The van der Waals surface area contributed by atoms with Gasteiger partial charge in [0.25, 0.3) is 0 Å². The number of esters is 2. The number of thiazole rings is 1. The second kappa shape index (κ2) is 30.0. The van der Waals surface area contributed by atoms with Crippen LogP contribution in [0.1, 0.15) is 62.3 Å². The summed E-state index contributed by atoms with van der Waals surface area (Å²) in [6.45, 7) is 17.4. The first-order valence-electron chi connectivity index (χ1n) is 26.0. The van der Waals surface area contributed by atoms with Crippen molar-refractivity contribution in [3.8, 4) is 16.6 Å². The zero-order valence-corrected chi connectivity index (χ0v) is 53.0. The van der Waals surface area contributed by atoms with Crippen LogP contribution in [-0.4, -0.2) is 262 Å². The van der Waals surface area contributed by atoms with Crippen LogP contribution in [0.4, 0.5) is 19.5 Å². The molecule has 0 bridgehead atoms. The Morgan fingerprint density at radius 3 is 1.48 bits per heavy atom. The van der Waals surface area contributed by atoms with Crippen LogP contribution in [0.2, 0.25) is 0 Å². The second-order valence-corrected chi connectivity index (χ2v) is 29.1. The monoisotopic (exact) mass is 1270 g/mol. The van der Waals surface area contributed by atoms with E-state index in [4.69, 9.17) is 24.6 Å². The molecule has 4 unspecified atom stereocenters. The van der Waals surface area contributed by atoms with Crippen molar-refractivity contribution in [3.05, 3.63) is 36.5 Å². The van der Waals surface area contributed by atoms with E-state index in [1.54, 1.807) is 47.7 Å². The molecule has 4 amide bonds. The van der Waals surface area contributed by atoms with Crippen molar-refractivity contribution in [1.82, 2.24) is 42.8 Å². The van der Waals surface area contributed by atoms with Crippen LogP contribution in [-0.2, 0) is 72.9 Å². The summed E-state index contributed by atoms with van der Waals surface area (Å²) in [7, 11) is -8.25. The Labute approximate surface area is 495 Å². The maximum atomic E-state index is 12.6. The molecule has 4 saturated heterocycles. The number of carboxylic acids is 1. The van der Waals surface area contributed by atoms with Gasteiger partial charge in [-0.15, -0.1) is 0 Å². The highest BCUT2D eigenvalue weighted by molar-refractivity contribution is 7.88. The standard InChI is InChI=1S/C16H17N5O3S2.C12H22N2O6S.C11H20N2O6S.C11H20N2O4/c1-26(23,24)21-8-7-20(11-17)10-13(21)15(22)19-16-18-9-14(25-16)12-5-3-2-4-6-12;1-12(2,3)20-11(16)13-6-7-14(21(5,17)18)9(8-13)10(15)19-4;1-11(2,3)19-10(16)12-5-6-13(20(4,17)18)8(7-12)9(14)15;1-11(2,3)17-10(15)13-6-5-12-8(7-13)9(14)16-4/h2-6,9,13H,7-8,10H2,1H3,(H,18,19,22);9H,6-8H2,1-5H3;8H,5-7H2,1-4H3,(H,14,15);8,12H,5-7H2,1-4H3. The van der Waals surface area contributed by atoms with Gasteiger partial charge in [-0.1, -0.05) is 41.7 Å². The van der Waals surface area contributed by atoms with E-state index >= 15 is 0 Å². The first-order chi connectivity index (χ1) is 38.6. The maximum absolute atomic E-state index is 12.6. The molecule has 84 heavy (non-hydrogen) atoms. The molecule has 34 heteroatoms. The lowest BCUT2D eigenvalue weighted by Crippen LogP contribution is -2.59. The molecular formula is C50H79N11O19S4. The Bertz CT molecular complexity index is 3010. The van der Waals surface area contributed by atoms with Gasteiger partial charge < -0.3 is 59.0 Å². The molecule has 4 fully saturated rings. The van der Waals surface area contributed by atoms with E-state index in [0.29, 0.717) is 18.2 Å². The number of aliphatic carboxylic acids is 1. The number of amides is 4. The highest BCUT2D eigenvalue weighted by Crippen LogP contribution is 2.29. The van der Waals surface area contributed by atoms with E-state index in [1.165, 1.54) is 45.2 Å². The van der Waals surface area contributed by atoms with Crippen LogP contribution in [0.25, 0.3) is 10.4 Å². The SMILES string of the molecule is CC(C)(C)OC(=O)N1CCN(S(C)(=O)=O)C(C(=O)O)C1.COC(=O)C1CN(C(=O)OC(C)(C)C)CCN1.COC(=O)C1CN(C(=O)OC(C)(C)C)CCN1S(C)(=O)=O.CS(=O)(=O)N1CCN(C#N)CC1C(=O)Nc1ncc(-c2ccccc2)s1. The summed E-state index contributed by atoms with van der Waals surface area (Å²) in [6, 6.07) is 5.84. The molecule has 3 N–H and O–H groups in total. The number of aromatic nitrogens is 1. The van der Waals surface area contributed by atoms with Crippen molar-refractivity contribution in [2.75, 3.05) is 117 Å². The smallest absolute Gasteiger partial charge is 0.410 e. The number of sulfonamides is 3. The van der Waals surface area contributed by atoms with E-state index in [-0.39, 0.29) is 71.4 Å². The van der Waals surface area contributed by atoms with E-state index in [2.05, 4.69) is 25.1 Å². The molecule has 5 heterocycles. The third-order valence-electron chi connectivity index (χ3n) is 11.9. The molecule has 1 aromatic carbocycles. The van der Waals surface area contributed by atoms with E-state index < -0.39 is 107 Å². The first-order valence-corrected chi connectivity index (χ1v) is 32.4. The fourth-order valence-electron chi connectivity index (χ4n) is 8.11. The molecule has 4 aliphatic rings. The molecule has 472 valence electrons. The van der Waals surface area contributed by atoms with Gasteiger partial charge in [0.05, 0.1) is 64.0 Å². The number of carbonyl (C=O) groups is 7. The Hall–Kier alpha value is -6.48. The molecule has 4 atom stereocenters.